The number of nitro groups is 1. The third kappa shape index (κ3) is 4.10. The number of hydrogen-bond donors (Lipinski definition) is 0. The maximum atomic E-state index is 10.7. The number of nitrogens with zero attached hydrogens (tertiary/aromatic N) is 5. The predicted octanol–water partition coefficient (Wildman–Crippen LogP) is 3.90. The topological polar surface area (TPSA) is 108 Å². The van der Waals surface area contributed by atoms with Gasteiger partial charge in [-0.25, -0.2) is 0 Å². The summed E-state index contributed by atoms with van der Waals surface area (Å²) in [5.74, 6) is 2.25. The smallest absolute Gasteiger partial charge is 0.269 e. The Kier molecular flexibility index (Phi) is 5.43. The van der Waals surface area contributed by atoms with E-state index in [-0.39, 0.29) is 5.69 Å². The zero-order valence-corrected chi connectivity index (χ0v) is 14.9. The molecule has 2 aromatic heterocycles. The van der Waals surface area contributed by atoms with Gasteiger partial charge < -0.3 is 4.42 Å². The third-order valence-electron chi connectivity index (χ3n) is 2.77. The summed E-state index contributed by atoms with van der Waals surface area (Å²) in [6.45, 7) is 2.07. The van der Waals surface area contributed by atoms with Crippen molar-refractivity contribution in [3.05, 3.63) is 40.3 Å². The van der Waals surface area contributed by atoms with Crippen molar-refractivity contribution in [3.63, 3.8) is 0 Å². The molecule has 124 valence electrons. The summed E-state index contributed by atoms with van der Waals surface area (Å²) in [6.07, 6.45) is 0. The fourth-order valence-corrected chi connectivity index (χ4v) is 4.47. The van der Waals surface area contributed by atoms with Crippen molar-refractivity contribution in [2.75, 3.05) is 5.75 Å². The van der Waals surface area contributed by atoms with Crippen molar-refractivity contribution in [2.24, 2.45) is 0 Å². The van der Waals surface area contributed by atoms with Gasteiger partial charge in [-0.3, -0.25) is 10.1 Å². The Bertz CT molecular complexity index is 834. The van der Waals surface area contributed by atoms with Crippen LogP contribution in [0.3, 0.4) is 0 Å². The van der Waals surface area contributed by atoms with Crippen LogP contribution in [-0.2, 0) is 5.75 Å². The summed E-state index contributed by atoms with van der Waals surface area (Å²) in [5.41, 5.74) is 0.660. The molecule has 0 amide bonds. The summed E-state index contributed by atoms with van der Waals surface area (Å²) in [6, 6.07) is 5.98. The molecule has 24 heavy (non-hydrogen) atoms. The molecule has 0 bridgehead atoms. The average molecular weight is 381 g/mol. The Balaban J connectivity index is 1.63. The lowest BCUT2D eigenvalue weighted by molar-refractivity contribution is -0.384. The molecule has 0 saturated heterocycles. The molecule has 0 aliphatic heterocycles. The lowest BCUT2D eigenvalue weighted by atomic mass is 10.2. The first-order valence-corrected chi connectivity index (χ1v) is 9.60. The number of non-ortho nitro benzene ring substituents is 1. The minimum absolute atomic E-state index is 0.0195. The minimum atomic E-state index is -0.452. The van der Waals surface area contributed by atoms with Gasteiger partial charge in [0.2, 0.25) is 11.8 Å². The van der Waals surface area contributed by atoms with E-state index >= 15 is 0 Å². The Morgan fingerprint density at radius 3 is 2.50 bits per heavy atom. The van der Waals surface area contributed by atoms with Crippen molar-refractivity contribution in [2.45, 2.75) is 21.4 Å². The predicted molar refractivity (Wildman–Crippen MR) is 92.3 cm³/mol. The van der Waals surface area contributed by atoms with Crippen LogP contribution in [-0.4, -0.2) is 31.1 Å². The molecule has 0 radical (unpaired) electrons. The SMILES string of the molecule is CCSc1nnc(SCc2nnc(-c3ccc([N+](=O)[O-])cc3)o2)s1. The monoisotopic (exact) mass is 381 g/mol. The van der Waals surface area contributed by atoms with Gasteiger partial charge in [0.1, 0.15) is 0 Å². The molecule has 0 spiro atoms. The van der Waals surface area contributed by atoms with Gasteiger partial charge in [-0.05, 0) is 17.9 Å². The highest BCUT2D eigenvalue weighted by Gasteiger charge is 2.12. The van der Waals surface area contributed by atoms with Crippen molar-refractivity contribution < 1.29 is 9.34 Å². The normalized spacial score (nSPS) is 10.9. The molecule has 0 unspecified atom stereocenters. The summed E-state index contributed by atoms with van der Waals surface area (Å²) >= 11 is 4.67. The summed E-state index contributed by atoms with van der Waals surface area (Å²) in [5, 5.41) is 26.8. The van der Waals surface area contributed by atoms with Gasteiger partial charge in [0.15, 0.2) is 8.68 Å². The molecule has 1 aromatic carbocycles. The minimum Gasteiger partial charge on any atom is -0.420 e. The van der Waals surface area contributed by atoms with Gasteiger partial charge in [0, 0.05) is 17.7 Å². The Morgan fingerprint density at radius 1 is 1.12 bits per heavy atom. The first-order valence-electron chi connectivity index (χ1n) is 6.82. The van der Waals surface area contributed by atoms with Gasteiger partial charge >= 0.3 is 0 Å². The number of benzene rings is 1. The van der Waals surface area contributed by atoms with Crippen LogP contribution in [0.2, 0.25) is 0 Å². The number of aromatic nitrogens is 4. The van der Waals surface area contributed by atoms with Crippen LogP contribution >= 0.6 is 34.9 Å². The number of hydrogen-bond acceptors (Lipinski definition) is 10. The second kappa shape index (κ2) is 7.73. The summed E-state index contributed by atoms with van der Waals surface area (Å²) in [7, 11) is 0. The maximum Gasteiger partial charge on any atom is 0.269 e. The number of thioether (sulfide) groups is 2. The molecule has 0 atom stereocenters. The standard InChI is InChI=1S/C13H11N5O3S3/c1-2-22-12-16-17-13(24-12)23-7-10-14-15-11(21-10)8-3-5-9(6-4-8)18(19)20/h3-6H,2,7H2,1H3. The van der Waals surface area contributed by atoms with E-state index in [1.54, 1.807) is 23.9 Å². The Hall–Kier alpha value is -1.98. The van der Waals surface area contributed by atoms with Gasteiger partial charge in [0.25, 0.3) is 5.69 Å². The Morgan fingerprint density at radius 2 is 1.83 bits per heavy atom. The van der Waals surface area contributed by atoms with Crippen LogP contribution in [0.1, 0.15) is 12.8 Å². The molecule has 0 aliphatic carbocycles. The van der Waals surface area contributed by atoms with Gasteiger partial charge in [0.05, 0.1) is 10.7 Å². The number of rotatable bonds is 7. The van der Waals surface area contributed by atoms with E-state index in [2.05, 4.69) is 27.3 Å². The fourth-order valence-electron chi connectivity index (χ4n) is 1.72. The van der Waals surface area contributed by atoms with E-state index in [0.717, 1.165) is 14.4 Å². The fraction of sp³-hybridized carbons (Fsp3) is 0.231. The average Bonchev–Trinajstić information content (AvgIpc) is 3.23. The van der Waals surface area contributed by atoms with Gasteiger partial charge in [-0.15, -0.1) is 20.4 Å². The van der Waals surface area contributed by atoms with Crippen LogP contribution in [0.15, 0.2) is 37.4 Å². The van der Waals surface area contributed by atoms with Crippen molar-refractivity contribution in [1.82, 2.24) is 20.4 Å². The molecule has 0 N–H and O–H groups in total. The lowest BCUT2D eigenvalue weighted by Crippen LogP contribution is -1.87. The second-order valence-electron chi connectivity index (χ2n) is 4.36. The molecular weight excluding hydrogens is 370 g/mol. The molecule has 11 heteroatoms. The zero-order chi connectivity index (χ0) is 16.9. The first-order chi connectivity index (χ1) is 11.7. The maximum absolute atomic E-state index is 10.7. The Labute approximate surface area is 149 Å². The van der Waals surface area contributed by atoms with Gasteiger partial charge in [-0.1, -0.05) is 41.8 Å². The van der Waals surface area contributed by atoms with Crippen molar-refractivity contribution in [3.8, 4) is 11.5 Å². The van der Waals surface area contributed by atoms with E-state index in [1.165, 1.54) is 35.2 Å². The highest BCUT2D eigenvalue weighted by molar-refractivity contribution is 8.02. The number of nitro benzene ring substituents is 1. The van der Waals surface area contributed by atoms with Crippen LogP contribution in [0.5, 0.6) is 0 Å². The first kappa shape index (κ1) is 16.9. The van der Waals surface area contributed by atoms with E-state index in [9.17, 15) is 10.1 Å². The largest absolute Gasteiger partial charge is 0.420 e. The van der Waals surface area contributed by atoms with Crippen LogP contribution in [0, 0.1) is 10.1 Å². The van der Waals surface area contributed by atoms with E-state index in [1.807, 2.05) is 0 Å². The van der Waals surface area contributed by atoms with Crippen molar-refractivity contribution >= 4 is 40.5 Å². The van der Waals surface area contributed by atoms with E-state index in [0.29, 0.717) is 23.1 Å². The molecule has 0 aliphatic rings. The molecular formula is C13H11N5O3S3. The van der Waals surface area contributed by atoms with Crippen LogP contribution < -0.4 is 0 Å². The molecule has 0 saturated carbocycles. The lowest BCUT2D eigenvalue weighted by Gasteiger charge is -1.94. The third-order valence-corrected chi connectivity index (χ3v) is 5.82. The van der Waals surface area contributed by atoms with E-state index in [4.69, 9.17) is 4.42 Å². The molecule has 3 rings (SSSR count). The zero-order valence-electron chi connectivity index (χ0n) is 12.4. The highest BCUT2D eigenvalue weighted by atomic mass is 32.2. The summed E-state index contributed by atoms with van der Waals surface area (Å²) in [4.78, 5) is 10.2. The van der Waals surface area contributed by atoms with Crippen LogP contribution in [0.4, 0.5) is 5.69 Å². The summed E-state index contributed by atoms with van der Waals surface area (Å²) < 4.78 is 7.37. The molecule has 2 heterocycles. The van der Waals surface area contributed by atoms with Crippen molar-refractivity contribution in [1.29, 1.82) is 0 Å². The molecule has 0 fully saturated rings. The van der Waals surface area contributed by atoms with Gasteiger partial charge in [-0.2, -0.15) is 0 Å². The quantitative estimate of drug-likeness (QED) is 0.342. The highest BCUT2D eigenvalue weighted by Crippen LogP contribution is 2.31. The van der Waals surface area contributed by atoms with E-state index < -0.39 is 4.92 Å². The molecule has 8 nitrogen and oxygen atoms in total. The van der Waals surface area contributed by atoms with Crippen LogP contribution in [0.25, 0.3) is 11.5 Å². The molecule has 3 aromatic rings. The second-order valence-corrected chi connectivity index (χ2v) is 8.07.